The minimum Gasteiger partial charge on any atom is -0.494 e. The highest BCUT2D eigenvalue weighted by molar-refractivity contribution is 7.99. The first-order valence-corrected chi connectivity index (χ1v) is 12.5. The van der Waals surface area contributed by atoms with Crippen LogP contribution in [0.2, 0.25) is 0 Å². The number of carbonyl (C=O) groups excluding carboxylic acids is 1. The van der Waals surface area contributed by atoms with Crippen LogP contribution in [0, 0.1) is 0 Å². The molecular formula is C24H26N4O3S2. The summed E-state index contributed by atoms with van der Waals surface area (Å²) in [7, 11) is 0. The molecular weight excluding hydrogens is 456 g/mol. The first-order valence-electron chi connectivity index (χ1n) is 10.7. The van der Waals surface area contributed by atoms with Crippen LogP contribution in [0.15, 0.2) is 52.5 Å². The van der Waals surface area contributed by atoms with E-state index in [-0.39, 0.29) is 22.8 Å². The van der Waals surface area contributed by atoms with E-state index in [2.05, 4.69) is 10.3 Å². The number of thiophene rings is 1. The molecule has 3 heterocycles. The number of pyridine rings is 1. The standard InChI is InChI=1S/C24H26N4O3S2/c1-5-31-17-11-7-6-9-15(17)13-28-22(30)20-19(16-10-8-12-25-21(16)33-20)26-23(28)32-14-18(29)27-24(2,3)4/h6-12H,5,13-14H2,1-4H3,(H,27,29). The molecule has 0 unspecified atom stereocenters. The molecule has 1 amide bonds. The van der Waals surface area contributed by atoms with E-state index >= 15 is 0 Å². The minimum atomic E-state index is -0.333. The molecule has 0 atom stereocenters. The number of fused-ring (bicyclic) bond motifs is 3. The van der Waals surface area contributed by atoms with Crippen molar-refractivity contribution in [3.8, 4) is 5.75 Å². The summed E-state index contributed by atoms with van der Waals surface area (Å²) in [6.45, 7) is 8.55. The maximum atomic E-state index is 13.6. The molecule has 0 saturated heterocycles. The molecule has 0 spiro atoms. The van der Waals surface area contributed by atoms with Crippen LogP contribution in [0.3, 0.4) is 0 Å². The summed E-state index contributed by atoms with van der Waals surface area (Å²) in [5.74, 6) is 0.772. The number of nitrogens with zero attached hydrogens (tertiary/aromatic N) is 3. The van der Waals surface area contributed by atoms with Crippen molar-refractivity contribution in [2.24, 2.45) is 0 Å². The van der Waals surface area contributed by atoms with E-state index in [9.17, 15) is 9.59 Å². The van der Waals surface area contributed by atoms with E-state index in [0.29, 0.717) is 28.5 Å². The topological polar surface area (TPSA) is 86.1 Å². The van der Waals surface area contributed by atoms with Crippen LogP contribution in [0.4, 0.5) is 0 Å². The quantitative estimate of drug-likeness (QED) is 0.309. The number of ether oxygens (including phenoxy) is 1. The van der Waals surface area contributed by atoms with Gasteiger partial charge in [0.25, 0.3) is 5.56 Å². The number of hydrogen-bond acceptors (Lipinski definition) is 7. The average Bonchev–Trinajstić information content (AvgIpc) is 3.13. The predicted molar refractivity (Wildman–Crippen MR) is 135 cm³/mol. The van der Waals surface area contributed by atoms with E-state index in [1.165, 1.54) is 23.1 Å². The van der Waals surface area contributed by atoms with Gasteiger partial charge in [0, 0.05) is 22.7 Å². The van der Waals surface area contributed by atoms with Crippen molar-refractivity contribution in [2.45, 2.75) is 44.9 Å². The number of nitrogens with one attached hydrogen (secondary N) is 1. The zero-order valence-electron chi connectivity index (χ0n) is 19.0. The highest BCUT2D eigenvalue weighted by Gasteiger charge is 2.20. The first-order chi connectivity index (χ1) is 15.8. The molecule has 0 saturated carbocycles. The highest BCUT2D eigenvalue weighted by atomic mass is 32.2. The molecule has 1 aromatic carbocycles. The van der Waals surface area contributed by atoms with Crippen molar-refractivity contribution in [1.82, 2.24) is 19.9 Å². The summed E-state index contributed by atoms with van der Waals surface area (Å²) in [6.07, 6.45) is 1.71. The highest BCUT2D eigenvalue weighted by Crippen LogP contribution is 2.31. The fraction of sp³-hybridized carbons (Fsp3) is 0.333. The fourth-order valence-corrected chi connectivity index (χ4v) is 5.30. The van der Waals surface area contributed by atoms with Gasteiger partial charge in [-0.2, -0.15) is 0 Å². The lowest BCUT2D eigenvalue weighted by atomic mass is 10.1. The van der Waals surface area contributed by atoms with Gasteiger partial charge in [0.2, 0.25) is 5.91 Å². The number of amides is 1. The van der Waals surface area contributed by atoms with Crippen LogP contribution in [0.25, 0.3) is 20.4 Å². The molecule has 0 radical (unpaired) electrons. The number of hydrogen-bond donors (Lipinski definition) is 1. The van der Waals surface area contributed by atoms with Crippen LogP contribution in [0.5, 0.6) is 5.75 Å². The Kier molecular flexibility index (Phi) is 6.71. The number of rotatable bonds is 7. The van der Waals surface area contributed by atoms with E-state index in [0.717, 1.165) is 21.5 Å². The molecule has 172 valence electrons. The molecule has 3 aromatic heterocycles. The van der Waals surface area contributed by atoms with E-state index in [4.69, 9.17) is 9.72 Å². The average molecular weight is 483 g/mol. The van der Waals surface area contributed by atoms with Crippen LogP contribution < -0.4 is 15.6 Å². The van der Waals surface area contributed by atoms with E-state index in [1.54, 1.807) is 10.8 Å². The van der Waals surface area contributed by atoms with Gasteiger partial charge in [-0.3, -0.25) is 14.2 Å². The molecule has 9 heteroatoms. The Morgan fingerprint density at radius 2 is 2.00 bits per heavy atom. The van der Waals surface area contributed by atoms with Gasteiger partial charge < -0.3 is 10.1 Å². The van der Waals surface area contributed by atoms with Gasteiger partial charge in [-0.15, -0.1) is 11.3 Å². The van der Waals surface area contributed by atoms with Gasteiger partial charge in [0.1, 0.15) is 15.3 Å². The summed E-state index contributed by atoms with van der Waals surface area (Å²) in [6, 6.07) is 11.4. The number of benzene rings is 1. The van der Waals surface area contributed by atoms with Crippen molar-refractivity contribution in [3.05, 3.63) is 58.5 Å². The molecule has 1 N–H and O–H groups in total. The molecule has 0 bridgehead atoms. The van der Waals surface area contributed by atoms with Crippen molar-refractivity contribution in [3.63, 3.8) is 0 Å². The van der Waals surface area contributed by atoms with Gasteiger partial charge >= 0.3 is 0 Å². The van der Waals surface area contributed by atoms with Crippen LogP contribution in [-0.2, 0) is 11.3 Å². The molecule has 33 heavy (non-hydrogen) atoms. The van der Waals surface area contributed by atoms with Gasteiger partial charge in [0.05, 0.1) is 24.4 Å². The molecule has 7 nitrogen and oxygen atoms in total. The number of thioether (sulfide) groups is 1. The zero-order chi connectivity index (χ0) is 23.6. The Hall–Kier alpha value is -2.91. The maximum Gasteiger partial charge on any atom is 0.272 e. The van der Waals surface area contributed by atoms with Crippen LogP contribution >= 0.6 is 23.1 Å². The van der Waals surface area contributed by atoms with Crippen molar-refractivity contribution in [2.75, 3.05) is 12.4 Å². The molecule has 0 aliphatic carbocycles. The summed E-state index contributed by atoms with van der Waals surface area (Å²) in [5, 5.41) is 4.29. The van der Waals surface area contributed by atoms with E-state index < -0.39 is 0 Å². The Morgan fingerprint density at radius 3 is 2.76 bits per heavy atom. The molecule has 0 fully saturated rings. The third kappa shape index (κ3) is 5.20. The van der Waals surface area contributed by atoms with Gasteiger partial charge in [-0.25, -0.2) is 9.97 Å². The molecule has 0 aliphatic heterocycles. The zero-order valence-corrected chi connectivity index (χ0v) is 20.7. The Bertz CT molecular complexity index is 1370. The van der Waals surface area contributed by atoms with Crippen molar-refractivity contribution >= 4 is 49.4 Å². The minimum absolute atomic E-state index is 0.111. The number of carbonyl (C=O) groups is 1. The van der Waals surface area contributed by atoms with Crippen LogP contribution in [0.1, 0.15) is 33.3 Å². The summed E-state index contributed by atoms with van der Waals surface area (Å²) in [5.41, 5.74) is 1.03. The lowest BCUT2D eigenvalue weighted by Crippen LogP contribution is -2.41. The normalized spacial score (nSPS) is 11.8. The smallest absolute Gasteiger partial charge is 0.272 e. The second-order valence-corrected chi connectivity index (χ2v) is 10.5. The molecule has 4 aromatic rings. The van der Waals surface area contributed by atoms with E-state index in [1.807, 2.05) is 64.1 Å². The first kappa shape index (κ1) is 23.3. The summed E-state index contributed by atoms with van der Waals surface area (Å²) in [4.78, 5) is 36.1. The van der Waals surface area contributed by atoms with Gasteiger partial charge in [-0.05, 0) is 45.9 Å². The van der Waals surface area contributed by atoms with Gasteiger partial charge in [0.15, 0.2) is 5.16 Å². The lowest BCUT2D eigenvalue weighted by Gasteiger charge is -2.20. The van der Waals surface area contributed by atoms with Gasteiger partial charge in [-0.1, -0.05) is 30.0 Å². The SMILES string of the molecule is CCOc1ccccc1Cn1c(SCC(=O)NC(C)(C)C)nc2c(sc3ncccc32)c1=O. The maximum absolute atomic E-state index is 13.6. The Morgan fingerprint density at radius 1 is 1.21 bits per heavy atom. The monoisotopic (exact) mass is 482 g/mol. The Labute approximate surface area is 200 Å². The second-order valence-electron chi connectivity index (χ2n) is 8.55. The molecule has 0 aliphatic rings. The van der Waals surface area contributed by atoms with Crippen molar-refractivity contribution < 1.29 is 9.53 Å². The number of aromatic nitrogens is 3. The summed E-state index contributed by atoms with van der Waals surface area (Å²) < 4.78 is 7.95. The predicted octanol–water partition coefficient (Wildman–Crippen LogP) is 4.46. The van der Waals surface area contributed by atoms with Crippen LogP contribution in [-0.4, -0.2) is 38.3 Å². The summed E-state index contributed by atoms with van der Waals surface area (Å²) >= 11 is 2.60. The number of para-hydroxylation sites is 1. The molecule has 4 rings (SSSR count). The largest absolute Gasteiger partial charge is 0.494 e. The second kappa shape index (κ2) is 9.52. The third-order valence-electron chi connectivity index (χ3n) is 4.77. The third-order valence-corrected chi connectivity index (χ3v) is 6.83. The Balaban J connectivity index is 1.80. The fourth-order valence-electron chi connectivity index (χ4n) is 3.48. The lowest BCUT2D eigenvalue weighted by molar-refractivity contribution is -0.119. The van der Waals surface area contributed by atoms with Crippen molar-refractivity contribution in [1.29, 1.82) is 0 Å².